The van der Waals surface area contributed by atoms with Gasteiger partial charge < -0.3 is 25.0 Å². The number of ether oxygens (including phenoxy) is 2. The molecule has 0 amide bonds. The van der Waals surface area contributed by atoms with Gasteiger partial charge >= 0.3 is 5.97 Å². The molecule has 0 aromatic heterocycles. The predicted molar refractivity (Wildman–Crippen MR) is 94.7 cm³/mol. The average molecular weight is 345 g/mol. The third-order valence-electron chi connectivity index (χ3n) is 3.51. The lowest BCUT2D eigenvalue weighted by molar-refractivity contribution is 0.00674. The van der Waals surface area contributed by atoms with Crippen LogP contribution in [0.1, 0.15) is 35.7 Å². The van der Waals surface area contributed by atoms with Crippen LogP contribution >= 0.6 is 0 Å². The van der Waals surface area contributed by atoms with Crippen molar-refractivity contribution in [2.75, 3.05) is 11.9 Å². The van der Waals surface area contributed by atoms with E-state index in [1.165, 1.54) is 12.1 Å². The van der Waals surface area contributed by atoms with Crippen molar-refractivity contribution in [1.82, 2.24) is 0 Å². The lowest BCUT2D eigenvalue weighted by Crippen LogP contribution is -2.26. The number of carboxylic acids is 1. The summed E-state index contributed by atoms with van der Waals surface area (Å²) < 4.78 is 10.8. The van der Waals surface area contributed by atoms with Gasteiger partial charge in [-0.05, 0) is 36.2 Å². The maximum absolute atomic E-state index is 11.1. The Kier molecular flexibility index (Phi) is 7.25. The van der Waals surface area contributed by atoms with E-state index < -0.39 is 12.4 Å². The number of anilines is 1. The summed E-state index contributed by atoms with van der Waals surface area (Å²) in [5.74, 6) is -1.02. The van der Waals surface area contributed by atoms with Crippen molar-refractivity contribution < 1.29 is 24.5 Å². The third-order valence-corrected chi connectivity index (χ3v) is 3.51. The van der Waals surface area contributed by atoms with E-state index in [0.717, 1.165) is 25.0 Å². The first-order chi connectivity index (χ1) is 12.1. The summed E-state index contributed by atoms with van der Waals surface area (Å²) in [4.78, 5) is 11.1. The van der Waals surface area contributed by atoms with E-state index in [1.54, 1.807) is 24.3 Å². The quantitative estimate of drug-likeness (QED) is 0.451. The summed E-state index contributed by atoms with van der Waals surface area (Å²) in [6, 6.07) is 13.5. The van der Waals surface area contributed by atoms with E-state index in [4.69, 9.17) is 14.6 Å². The lowest BCUT2D eigenvalue weighted by Gasteiger charge is -2.17. The average Bonchev–Trinajstić information content (AvgIpc) is 2.60. The summed E-state index contributed by atoms with van der Waals surface area (Å²) >= 11 is 0. The van der Waals surface area contributed by atoms with Crippen LogP contribution in [-0.4, -0.2) is 29.2 Å². The van der Waals surface area contributed by atoms with Gasteiger partial charge in [0.05, 0.1) is 6.61 Å². The molecule has 0 saturated carbocycles. The molecule has 25 heavy (non-hydrogen) atoms. The number of carbonyl (C=O) groups is 1. The minimum absolute atomic E-state index is 0.0112. The smallest absolute Gasteiger partial charge is 0.339 e. The molecule has 0 aliphatic rings. The third kappa shape index (κ3) is 6.10. The van der Waals surface area contributed by atoms with E-state index in [0.29, 0.717) is 12.3 Å². The molecule has 2 aromatic carbocycles. The fourth-order valence-electron chi connectivity index (χ4n) is 2.17. The van der Waals surface area contributed by atoms with Gasteiger partial charge in [0, 0.05) is 12.3 Å². The number of aromatic carboxylic acids is 1. The van der Waals surface area contributed by atoms with Crippen LogP contribution in [0.2, 0.25) is 0 Å². The van der Waals surface area contributed by atoms with E-state index in [1.807, 2.05) is 12.1 Å². The summed E-state index contributed by atoms with van der Waals surface area (Å²) in [6.45, 7) is 3.41. The number of nitrogens with one attached hydrogen (secondary N) is 1. The van der Waals surface area contributed by atoms with E-state index in [9.17, 15) is 9.90 Å². The fourth-order valence-corrected chi connectivity index (χ4v) is 2.17. The first kappa shape index (κ1) is 18.8. The van der Waals surface area contributed by atoms with Crippen LogP contribution < -0.4 is 10.1 Å². The molecular weight excluding hydrogens is 322 g/mol. The van der Waals surface area contributed by atoms with Gasteiger partial charge in [-0.1, -0.05) is 37.6 Å². The minimum Gasteiger partial charge on any atom is -0.478 e. The van der Waals surface area contributed by atoms with Crippen LogP contribution in [0.4, 0.5) is 5.69 Å². The zero-order valence-corrected chi connectivity index (χ0v) is 14.1. The Balaban J connectivity index is 1.88. The van der Waals surface area contributed by atoms with Crippen LogP contribution in [0.25, 0.3) is 0 Å². The standard InChI is InChI=1S/C19H23NO5/c1-2-3-12-24-13-14-8-10-15(11-9-14)20-19(23)25-17-7-5-4-6-16(17)18(21)22/h4-11,19-20,23H,2-3,12-13H2,1H3,(H,21,22). The molecule has 6 nitrogen and oxygen atoms in total. The molecule has 0 bridgehead atoms. The molecule has 2 rings (SSSR count). The molecule has 1 unspecified atom stereocenters. The first-order valence-electron chi connectivity index (χ1n) is 8.20. The Morgan fingerprint density at radius 2 is 1.88 bits per heavy atom. The molecule has 0 saturated heterocycles. The van der Waals surface area contributed by atoms with Crippen LogP contribution in [0.3, 0.4) is 0 Å². The Morgan fingerprint density at radius 1 is 1.16 bits per heavy atom. The van der Waals surface area contributed by atoms with Crippen molar-refractivity contribution in [2.45, 2.75) is 32.8 Å². The topological polar surface area (TPSA) is 88.0 Å². The summed E-state index contributed by atoms with van der Waals surface area (Å²) in [5.41, 5.74) is 1.67. The molecular formula is C19H23NO5. The highest BCUT2D eigenvalue weighted by atomic mass is 16.6. The molecule has 0 heterocycles. The highest BCUT2D eigenvalue weighted by molar-refractivity contribution is 5.90. The number of para-hydroxylation sites is 1. The van der Waals surface area contributed by atoms with Crippen molar-refractivity contribution in [3.8, 4) is 5.75 Å². The van der Waals surface area contributed by atoms with Gasteiger partial charge in [-0.2, -0.15) is 0 Å². The Bertz CT molecular complexity index is 672. The van der Waals surface area contributed by atoms with Gasteiger partial charge in [0.1, 0.15) is 11.3 Å². The first-order valence-corrected chi connectivity index (χ1v) is 8.20. The van der Waals surface area contributed by atoms with Gasteiger partial charge in [-0.3, -0.25) is 0 Å². The summed E-state index contributed by atoms with van der Waals surface area (Å²) in [6.07, 6.45) is 0.777. The molecule has 2 aromatic rings. The van der Waals surface area contributed by atoms with Gasteiger partial charge in [-0.15, -0.1) is 0 Å². The Labute approximate surface area is 147 Å². The van der Waals surface area contributed by atoms with Crippen molar-refractivity contribution in [1.29, 1.82) is 0 Å². The highest BCUT2D eigenvalue weighted by Gasteiger charge is 2.13. The number of aliphatic hydroxyl groups is 1. The van der Waals surface area contributed by atoms with Crippen molar-refractivity contribution in [3.05, 3.63) is 59.7 Å². The van der Waals surface area contributed by atoms with E-state index in [-0.39, 0.29) is 11.3 Å². The molecule has 0 spiro atoms. The number of hydrogen-bond acceptors (Lipinski definition) is 5. The number of rotatable bonds is 10. The number of unbranched alkanes of at least 4 members (excludes halogenated alkanes) is 1. The molecule has 6 heteroatoms. The number of aliphatic hydroxyl groups excluding tert-OH is 1. The normalized spacial score (nSPS) is 11.8. The fraction of sp³-hybridized carbons (Fsp3) is 0.316. The van der Waals surface area contributed by atoms with E-state index in [2.05, 4.69) is 12.2 Å². The van der Waals surface area contributed by atoms with Gasteiger partial charge in [0.15, 0.2) is 0 Å². The largest absolute Gasteiger partial charge is 0.478 e. The van der Waals surface area contributed by atoms with Crippen LogP contribution in [-0.2, 0) is 11.3 Å². The van der Waals surface area contributed by atoms with E-state index >= 15 is 0 Å². The molecule has 0 radical (unpaired) electrons. The Morgan fingerprint density at radius 3 is 2.56 bits per heavy atom. The van der Waals surface area contributed by atoms with Crippen LogP contribution in [0.15, 0.2) is 48.5 Å². The summed E-state index contributed by atoms with van der Waals surface area (Å²) in [7, 11) is 0. The number of carboxylic acid groups (broad SMARTS) is 1. The predicted octanol–water partition coefficient (Wildman–Crippen LogP) is 3.47. The van der Waals surface area contributed by atoms with Crippen molar-refractivity contribution >= 4 is 11.7 Å². The second-order valence-electron chi connectivity index (χ2n) is 5.52. The zero-order valence-electron chi connectivity index (χ0n) is 14.1. The van der Waals surface area contributed by atoms with Gasteiger partial charge in [0.2, 0.25) is 0 Å². The molecule has 134 valence electrons. The van der Waals surface area contributed by atoms with Crippen molar-refractivity contribution in [2.24, 2.45) is 0 Å². The second-order valence-corrected chi connectivity index (χ2v) is 5.52. The van der Waals surface area contributed by atoms with Crippen LogP contribution in [0.5, 0.6) is 5.75 Å². The monoisotopic (exact) mass is 345 g/mol. The molecule has 1 atom stereocenters. The second kappa shape index (κ2) is 9.66. The number of benzene rings is 2. The molecule has 0 aliphatic carbocycles. The number of hydrogen-bond donors (Lipinski definition) is 3. The maximum Gasteiger partial charge on any atom is 0.339 e. The highest BCUT2D eigenvalue weighted by Crippen LogP contribution is 2.20. The minimum atomic E-state index is -1.37. The SMILES string of the molecule is CCCCOCc1ccc(NC(O)Oc2ccccc2C(=O)O)cc1. The van der Waals surface area contributed by atoms with Gasteiger partial charge in [0.25, 0.3) is 6.41 Å². The maximum atomic E-state index is 11.1. The summed E-state index contributed by atoms with van der Waals surface area (Å²) in [5, 5.41) is 21.9. The molecule has 0 aliphatic heterocycles. The molecule has 0 fully saturated rings. The Hall–Kier alpha value is -2.57. The zero-order chi connectivity index (χ0) is 18.1. The van der Waals surface area contributed by atoms with Crippen molar-refractivity contribution in [3.63, 3.8) is 0 Å². The van der Waals surface area contributed by atoms with Gasteiger partial charge in [-0.25, -0.2) is 4.79 Å². The van der Waals surface area contributed by atoms with Crippen LogP contribution in [0, 0.1) is 0 Å². The molecule has 3 N–H and O–H groups in total. The lowest BCUT2D eigenvalue weighted by atomic mass is 10.2.